The van der Waals surface area contributed by atoms with Gasteiger partial charge < -0.3 is 11.1 Å². The van der Waals surface area contributed by atoms with E-state index >= 15 is 0 Å². The van der Waals surface area contributed by atoms with Crippen LogP contribution in [-0.2, 0) is 11.8 Å². The SMILES string of the molecule is Cc1cc(NC(=O)C(N)c2cnn(C)c2)ccc1F. The van der Waals surface area contributed by atoms with Gasteiger partial charge in [-0.25, -0.2) is 4.39 Å². The van der Waals surface area contributed by atoms with Gasteiger partial charge in [0.05, 0.1) is 6.20 Å². The first-order valence-electron chi connectivity index (χ1n) is 5.78. The molecule has 6 heteroatoms. The Balaban J connectivity index is 2.10. The zero-order valence-electron chi connectivity index (χ0n) is 10.7. The number of carbonyl (C=O) groups excluding carboxylic acids is 1. The number of aromatic nitrogens is 2. The van der Waals surface area contributed by atoms with Crippen molar-refractivity contribution in [1.29, 1.82) is 0 Å². The standard InChI is InChI=1S/C13H15FN4O/c1-8-5-10(3-4-11(8)14)17-13(19)12(15)9-6-16-18(2)7-9/h3-7,12H,15H2,1-2H3,(H,17,19). The molecule has 2 aromatic rings. The van der Waals surface area contributed by atoms with Crippen molar-refractivity contribution < 1.29 is 9.18 Å². The molecule has 1 aromatic carbocycles. The molecule has 0 aliphatic carbocycles. The lowest BCUT2D eigenvalue weighted by atomic mass is 10.1. The smallest absolute Gasteiger partial charge is 0.246 e. The van der Waals surface area contributed by atoms with E-state index in [1.54, 1.807) is 37.1 Å². The van der Waals surface area contributed by atoms with Crippen molar-refractivity contribution in [3.05, 3.63) is 47.5 Å². The molecule has 0 saturated heterocycles. The molecule has 1 aromatic heterocycles. The topological polar surface area (TPSA) is 72.9 Å². The van der Waals surface area contributed by atoms with Gasteiger partial charge in [0, 0.05) is 24.5 Å². The summed E-state index contributed by atoms with van der Waals surface area (Å²) in [5.74, 6) is -0.673. The first-order chi connectivity index (χ1) is 8.97. The molecule has 0 spiro atoms. The minimum absolute atomic E-state index is 0.311. The van der Waals surface area contributed by atoms with Gasteiger partial charge >= 0.3 is 0 Å². The molecule has 0 aliphatic rings. The fourth-order valence-corrected chi connectivity index (χ4v) is 1.69. The molecule has 100 valence electrons. The maximum absolute atomic E-state index is 13.1. The monoisotopic (exact) mass is 262 g/mol. The van der Waals surface area contributed by atoms with E-state index in [9.17, 15) is 9.18 Å². The molecule has 0 bridgehead atoms. The van der Waals surface area contributed by atoms with Crippen molar-refractivity contribution in [3.63, 3.8) is 0 Å². The normalized spacial score (nSPS) is 12.2. The summed E-state index contributed by atoms with van der Waals surface area (Å²) >= 11 is 0. The summed E-state index contributed by atoms with van der Waals surface area (Å²) < 4.78 is 14.7. The van der Waals surface area contributed by atoms with E-state index in [1.807, 2.05) is 0 Å². The quantitative estimate of drug-likeness (QED) is 0.880. The largest absolute Gasteiger partial charge is 0.324 e. The minimum atomic E-state index is -0.806. The van der Waals surface area contributed by atoms with Crippen LogP contribution in [0.5, 0.6) is 0 Å². The van der Waals surface area contributed by atoms with Crippen LogP contribution in [-0.4, -0.2) is 15.7 Å². The van der Waals surface area contributed by atoms with Gasteiger partial charge in [-0.15, -0.1) is 0 Å². The molecule has 2 rings (SSSR count). The molecule has 1 heterocycles. The molecule has 0 radical (unpaired) electrons. The molecule has 1 unspecified atom stereocenters. The summed E-state index contributed by atoms with van der Waals surface area (Å²) in [6.45, 7) is 1.63. The van der Waals surface area contributed by atoms with E-state index in [0.29, 0.717) is 16.8 Å². The number of halogens is 1. The Bertz CT molecular complexity index is 608. The molecule has 0 fully saturated rings. The summed E-state index contributed by atoms with van der Waals surface area (Å²) in [7, 11) is 1.75. The first kappa shape index (κ1) is 13.2. The summed E-state index contributed by atoms with van der Waals surface area (Å²) in [4.78, 5) is 12.0. The van der Waals surface area contributed by atoms with Crippen LogP contribution < -0.4 is 11.1 Å². The number of aryl methyl sites for hydroxylation is 2. The van der Waals surface area contributed by atoms with E-state index in [4.69, 9.17) is 5.73 Å². The van der Waals surface area contributed by atoms with Crippen LogP contribution in [0, 0.1) is 12.7 Å². The molecule has 0 aliphatic heterocycles. The van der Waals surface area contributed by atoms with Gasteiger partial charge in [-0.05, 0) is 30.7 Å². The zero-order chi connectivity index (χ0) is 14.0. The van der Waals surface area contributed by atoms with Crippen LogP contribution in [0.2, 0.25) is 0 Å². The van der Waals surface area contributed by atoms with E-state index in [-0.39, 0.29) is 11.7 Å². The lowest BCUT2D eigenvalue weighted by Crippen LogP contribution is -2.27. The molecule has 1 amide bonds. The third kappa shape index (κ3) is 2.97. The highest BCUT2D eigenvalue weighted by Gasteiger charge is 2.17. The van der Waals surface area contributed by atoms with Crippen LogP contribution in [0.1, 0.15) is 17.2 Å². The highest BCUT2D eigenvalue weighted by molar-refractivity contribution is 5.95. The summed E-state index contributed by atoms with van der Waals surface area (Å²) in [5.41, 5.74) is 7.43. The molecule has 3 N–H and O–H groups in total. The second kappa shape index (κ2) is 5.19. The van der Waals surface area contributed by atoms with Gasteiger partial charge in [-0.3, -0.25) is 9.48 Å². The third-order valence-electron chi connectivity index (χ3n) is 2.79. The van der Waals surface area contributed by atoms with Crippen LogP contribution in [0.25, 0.3) is 0 Å². The number of nitrogens with zero attached hydrogens (tertiary/aromatic N) is 2. The van der Waals surface area contributed by atoms with Gasteiger partial charge in [-0.1, -0.05) is 0 Å². The number of benzene rings is 1. The highest BCUT2D eigenvalue weighted by atomic mass is 19.1. The number of carbonyl (C=O) groups is 1. The fraction of sp³-hybridized carbons (Fsp3) is 0.231. The zero-order valence-corrected chi connectivity index (χ0v) is 10.7. The second-order valence-corrected chi connectivity index (χ2v) is 4.38. The Morgan fingerprint density at radius 2 is 2.26 bits per heavy atom. The highest BCUT2D eigenvalue weighted by Crippen LogP contribution is 2.16. The van der Waals surface area contributed by atoms with Gasteiger partial charge in [-0.2, -0.15) is 5.10 Å². The third-order valence-corrected chi connectivity index (χ3v) is 2.79. The Morgan fingerprint density at radius 1 is 1.53 bits per heavy atom. The van der Waals surface area contributed by atoms with Crippen molar-refractivity contribution >= 4 is 11.6 Å². The number of rotatable bonds is 3. The second-order valence-electron chi connectivity index (χ2n) is 4.38. The molecule has 1 atom stereocenters. The summed E-state index contributed by atoms with van der Waals surface area (Å²) in [6.07, 6.45) is 3.22. The van der Waals surface area contributed by atoms with E-state index in [2.05, 4.69) is 10.4 Å². The number of anilines is 1. The molecule has 19 heavy (non-hydrogen) atoms. The maximum Gasteiger partial charge on any atom is 0.246 e. The lowest BCUT2D eigenvalue weighted by molar-refractivity contribution is -0.117. The fourth-order valence-electron chi connectivity index (χ4n) is 1.69. The molecule has 0 saturated carbocycles. The molecular formula is C13H15FN4O. The van der Waals surface area contributed by atoms with Crippen molar-refractivity contribution in [1.82, 2.24) is 9.78 Å². The Morgan fingerprint density at radius 3 is 2.84 bits per heavy atom. The number of nitrogens with one attached hydrogen (secondary N) is 1. The Kier molecular flexibility index (Phi) is 3.62. The van der Waals surface area contributed by atoms with Gasteiger partial charge in [0.15, 0.2) is 0 Å². The van der Waals surface area contributed by atoms with Gasteiger partial charge in [0.1, 0.15) is 11.9 Å². The van der Waals surface area contributed by atoms with E-state index < -0.39 is 6.04 Å². The van der Waals surface area contributed by atoms with Crippen LogP contribution in [0.15, 0.2) is 30.6 Å². The lowest BCUT2D eigenvalue weighted by Gasteiger charge is -2.11. The number of nitrogens with two attached hydrogens (primary N) is 1. The Labute approximate surface area is 110 Å². The Hall–Kier alpha value is -2.21. The average Bonchev–Trinajstić information content (AvgIpc) is 2.79. The molecular weight excluding hydrogens is 247 g/mol. The average molecular weight is 262 g/mol. The van der Waals surface area contributed by atoms with Crippen molar-refractivity contribution in [2.24, 2.45) is 12.8 Å². The van der Waals surface area contributed by atoms with Crippen LogP contribution in [0.4, 0.5) is 10.1 Å². The van der Waals surface area contributed by atoms with Crippen LogP contribution >= 0.6 is 0 Å². The first-order valence-corrected chi connectivity index (χ1v) is 5.78. The van der Waals surface area contributed by atoms with Gasteiger partial charge in [0.2, 0.25) is 5.91 Å². The predicted molar refractivity (Wildman–Crippen MR) is 69.9 cm³/mol. The number of hydrogen-bond acceptors (Lipinski definition) is 3. The predicted octanol–water partition coefficient (Wildman–Crippen LogP) is 1.51. The minimum Gasteiger partial charge on any atom is -0.324 e. The summed E-state index contributed by atoms with van der Waals surface area (Å²) in [5, 5.41) is 6.61. The van der Waals surface area contributed by atoms with Crippen molar-refractivity contribution in [3.8, 4) is 0 Å². The van der Waals surface area contributed by atoms with Gasteiger partial charge in [0.25, 0.3) is 0 Å². The van der Waals surface area contributed by atoms with E-state index in [1.165, 1.54) is 12.1 Å². The van der Waals surface area contributed by atoms with E-state index in [0.717, 1.165) is 0 Å². The number of hydrogen-bond donors (Lipinski definition) is 2. The maximum atomic E-state index is 13.1. The molecule has 5 nitrogen and oxygen atoms in total. The van der Waals surface area contributed by atoms with Crippen molar-refractivity contribution in [2.45, 2.75) is 13.0 Å². The number of amides is 1. The van der Waals surface area contributed by atoms with Crippen molar-refractivity contribution in [2.75, 3.05) is 5.32 Å². The summed E-state index contributed by atoms with van der Waals surface area (Å²) in [6, 6.07) is 3.55. The van der Waals surface area contributed by atoms with Crippen LogP contribution in [0.3, 0.4) is 0 Å².